The summed E-state index contributed by atoms with van der Waals surface area (Å²) in [6.45, 7) is 11.0. The molecule has 0 aromatic carbocycles. The van der Waals surface area contributed by atoms with Gasteiger partial charge >= 0.3 is 6.16 Å². The molecule has 0 spiro atoms. The summed E-state index contributed by atoms with van der Waals surface area (Å²) in [5.74, 6) is 0.623. The van der Waals surface area contributed by atoms with Crippen molar-refractivity contribution in [3.05, 3.63) is 11.8 Å². The molecule has 1 aliphatic heterocycles. The smallest absolute Gasteiger partial charge is 0.475 e. The number of ether oxygens (including phenoxy) is 3. The average Bonchev–Trinajstić information content (AvgIpc) is 3.26. The van der Waals surface area contributed by atoms with Gasteiger partial charge in [0.25, 0.3) is 5.88 Å². The van der Waals surface area contributed by atoms with Crippen molar-refractivity contribution in [3.63, 3.8) is 0 Å². The average molecular weight is 497 g/mol. The van der Waals surface area contributed by atoms with Crippen LogP contribution >= 0.6 is 11.7 Å². The summed E-state index contributed by atoms with van der Waals surface area (Å²) in [5.41, 5.74) is 1.19. The van der Waals surface area contributed by atoms with Crippen molar-refractivity contribution in [3.8, 4) is 5.88 Å². The third kappa shape index (κ3) is 8.84. The van der Waals surface area contributed by atoms with E-state index in [4.69, 9.17) is 14.2 Å². The Kier molecular flexibility index (Phi) is 12.3. The second-order valence-electron chi connectivity index (χ2n) is 10.0. The third-order valence-electron chi connectivity index (χ3n) is 6.88. The Labute approximate surface area is 210 Å². The topological polar surface area (TPSA) is 70.5 Å². The summed E-state index contributed by atoms with van der Waals surface area (Å²) in [6, 6.07) is 0. The van der Waals surface area contributed by atoms with Gasteiger partial charge in [-0.2, -0.15) is 4.37 Å². The number of aromatic nitrogens is 2. The Morgan fingerprint density at radius 3 is 2.38 bits per heavy atom. The highest BCUT2D eigenvalue weighted by atomic mass is 32.1. The van der Waals surface area contributed by atoms with Crippen LogP contribution in [0.3, 0.4) is 0 Å². The molecule has 0 radical (unpaired) electrons. The van der Waals surface area contributed by atoms with Crippen LogP contribution in [0.15, 0.2) is 6.08 Å². The monoisotopic (exact) mass is 496 g/mol. The number of quaternary nitrogens is 1. The predicted octanol–water partition coefficient (Wildman–Crippen LogP) is 6.98. The van der Waals surface area contributed by atoms with Crippen molar-refractivity contribution in [2.45, 2.75) is 104 Å². The van der Waals surface area contributed by atoms with E-state index in [1.54, 1.807) is 0 Å². The lowest BCUT2D eigenvalue weighted by atomic mass is 10.0. The van der Waals surface area contributed by atoms with Gasteiger partial charge in [-0.05, 0) is 12.8 Å². The molecule has 0 fully saturated rings. The van der Waals surface area contributed by atoms with Gasteiger partial charge < -0.3 is 14.2 Å². The summed E-state index contributed by atoms with van der Waals surface area (Å²) in [4.78, 5) is 12.4. The molecule has 7 nitrogen and oxygen atoms in total. The Morgan fingerprint density at radius 1 is 1.00 bits per heavy atom. The highest BCUT2D eigenvalue weighted by molar-refractivity contribution is 6.99. The summed E-state index contributed by atoms with van der Waals surface area (Å²) >= 11 is 1.19. The van der Waals surface area contributed by atoms with Crippen LogP contribution in [0.2, 0.25) is 0 Å². The van der Waals surface area contributed by atoms with Gasteiger partial charge in [0.2, 0.25) is 5.72 Å². The molecule has 0 saturated carbocycles. The molecule has 1 aromatic heterocycles. The molecule has 0 N–H and O–H groups in total. The van der Waals surface area contributed by atoms with Crippen LogP contribution < -0.4 is 4.74 Å². The van der Waals surface area contributed by atoms with E-state index in [1.807, 2.05) is 13.8 Å². The van der Waals surface area contributed by atoms with Gasteiger partial charge in [-0.15, -0.1) is 4.37 Å². The van der Waals surface area contributed by atoms with Crippen LogP contribution in [-0.4, -0.2) is 58.5 Å². The van der Waals surface area contributed by atoms with E-state index in [2.05, 4.69) is 35.7 Å². The molecular weight excluding hydrogens is 450 g/mol. The van der Waals surface area contributed by atoms with Crippen LogP contribution in [-0.2, 0) is 9.47 Å². The van der Waals surface area contributed by atoms with Gasteiger partial charge in [0.1, 0.15) is 12.2 Å². The lowest BCUT2D eigenvalue weighted by Gasteiger charge is -2.47. The van der Waals surface area contributed by atoms with Gasteiger partial charge in [0, 0.05) is 25.8 Å². The SMILES string of the molecule is CCCCCCCCOC(=O)OC(C)(C)[N+]1(C)CCC=C(c2nsnc2OCCCCCC)C1. The van der Waals surface area contributed by atoms with Crippen molar-refractivity contribution in [2.75, 3.05) is 33.4 Å². The van der Waals surface area contributed by atoms with Crippen molar-refractivity contribution in [1.82, 2.24) is 8.75 Å². The van der Waals surface area contributed by atoms with Gasteiger partial charge in [0.15, 0.2) is 0 Å². The highest BCUT2D eigenvalue weighted by Gasteiger charge is 2.46. The van der Waals surface area contributed by atoms with Crippen LogP contribution in [0, 0.1) is 0 Å². The standard InChI is InChI=1S/C26H46N3O4S/c1-6-8-10-12-13-15-20-32-25(30)33-26(3,4)29(5)18-16-17-22(21-29)23-24(28-34-27-23)31-19-14-11-9-7-2/h17H,6-16,18-21H2,1-5H3/q+1. The molecule has 2 rings (SSSR count). The second kappa shape index (κ2) is 14.7. The maximum atomic E-state index is 12.4. The number of rotatable bonds is 16. The van der Waals surface area contributed by atoms with Crippen molar-refractivity contribution in [1.29, 1.82) is 0 Å². The molecule has 2 heterocycles. The second-order valence-corrected chi connectivity index (χ2v) is 10.6. The molecule has 0 bridgehead atoms. The number of carbonyl (C=O) groups is 1. The minimum atomic E-state index is -0.734. The van der Waals surface area contributed by atoms with Crippen LogP contribution in [0.4, 0.5) is 4.79 Å². The van der Waals surface area contributed by atoms with E-state index in [9.17, 15) is 4.79 Å². The van der Waals surface area contributed by atoms with E-state index >= 15 is 0 Å². The first-order chi connectivity index (χ1) is 16.3. The first kappa shape index (κ1) is 28.6. The molecule has 1 unspecified atom stereocenters. The van der Waals surface area contributed by atoms with Crippen LogP contribution in [0.1, 0.15) is 104 Å². The summed E-state index contributed by atoms with van der Waals surface area (Å²) in [5, 5.41) is 0. The van der Waals surface area contributed by atoms with Gasteiger partial charge in [-0.1, -0.05) is 71.3 Å². The number of likely N-dealkylation sites (N-methyl/N-ethyl adjacent to an activating group) is 1. The zero-order chi connectivity index (χ0) is 24.9. The van der Waals surface area contributed by atoms with Gasteiger partial charge in [0.05, 0.1) is 38.5 Å². The number of hydrogen-bond acceptors (Lipinski definition) is 7. The molecular formula is C26H46N3O4S+. The number of carbonyl (C=O) groups excluding carboxylic acids is 1. The largest absolute Gasteiger partial charge is 0.512 e. The van der Waals surface area contributed by atoms with Gasteiger partial charge in [-0.3, -0.25) is 4.48 Å². The maximum absolute atomic E-state index is 12.4. The maximum Gasteiger partial charge on any atom is 0.512 e. The third-order valence-corrected chi connectivity index (χ3v) is 7.39. The fourth-order valence-electron chi connectivity index (χ4n) is 4.22. The molecule has 34 heavy (non-hydrogen) atoms. The lowest BCUT2D eigenvalue weighted by Crippen LogP contribution is -2.62. The zero-order valence-electron chi connectivity index (χ0n) is 22.1. The molecule has 1 atom stereocenters. The quantitative estimate of drug-likeness (QED) is 0.140. The fraction of sp³-hybridized carbons (Fsp3) is 0.808. The van der Waals surface area contributed by atoms with Crippen molar-refractivity contribution >= 4 is 23.5 Å². The van der Waals surface area contributed by atoms with E-state index < -0.39 is 11.9 Å². The predicted molar refractivity (Wildman–Crippen MR) is 138 cm³/mol. The molecule has 8 heteroatoms. The van der Waals surface area contributed by atoms with Gasteiger partial charge in [-0.25, -0.2) is 4.79 Å². The Balaban J connectivity index is 1.87. The van der Waals surface area contributed by atoms with Crippen LogP contribution in [0.5, 0.6) is 5.88 Å². The number of hydrogen-bond donors (Lipinski definition) is 0. The van der Waals surface area contributed by atoms with E-state index in [0.717, 1.165) is 43.5 Å². The van der Waals surface area contributed by atoms with E-state index in [1.165, 1.54) is 56.7 Å². The first-order valence-corrected chi connectivity index (χ1v) is 13.9. The Hall–Kier alpha value is -1.67. The lowest BCUT2D eigenvalue weighted by molar-refractivity contribution is -0.971. The number of unbranched alkanes of at least 4 members (excludes halogenated alkanes) is 8. The first-order valence-electron chi connectivity index (χ1n) is 13.2. The molecule has 1 aliphatic rings. The normalized spacial score (nSPS) is 18.4. The zero-order valence-corrected chi connectivity index (χ0v) is 22.9. The Morgan fingerprint density at radius 2 is 1.65 bits per heavy atom. The molecule has 0 aliphatic carbocycles. The Bertz CT molecular complexity index is 765. The molecule has 1 aromatic rings. The minimum Gasteiger partial charge on any atom is -0.475 e. The molecule has 0 saturated heterocycles. The van der Waals surface area contributed by atoms with Crippen molar-refractivity contribution < 1.29 is 23.5 Å². The molecule has 0 amide bonds. The minimum absolute atomic E-state index is 0.416. The van der Waals surface area contributed by atoms with E-state index in [-0.39, 0.29) is 0 Å². The van der Waals surface area contributed by atoms with Crippen LogP contribution in [0.25, 0.3) is 5.57 Å². The van der Waals surface area contributed by atoms with E-state index in [0.29, 0.717) is 30.1 Å². The highest BCUT2D eigenvalue weighted by Crippen LogP contribution is 2.35. The van der Waals surface area contributed by atoms with Crippen molar-refractivity contribution in [2.24, 2.45) is 0 Å². The summed E-state index contributed by atoms with van der Waals surface area (Å²) in [7, 11) is 2.12. The summed E-state index contributed by atoms with van der Waals surface area (Å²) < 4.78 is 26.7. The fourth-order valence-corrected chi connectivity index (χ4v) is 4.76. The molecule has 194 valence electrons. The number of nitrogens with zero attached hydrogens (tertiary/aromatic N) is 3. The summed E-state index contributed by atoms with van der Waals surface area (Å²) in [6.07, 6.45) is 14.1.